The van der Waals surface area contributed by atoms with Gasteiger partial charge >= 0.3 is 6.03 Å². The van der Waals surface area contributed by atoms with Gasteiger partial charge in [0.25, 0.3) is 0 Å². The Morgan fingerprint density at radius 2 is 1.83 bits per heavy atom. The van der Waals surface area contributed by atoms with Crippen LogP contribution in [-0.4, -0.2) is 29.9 Å². The molecule has 1 atom stereocenters. The second kappa shape index (κ2) is 10.0. The van der Waals surface area contributed by atoms with Gasteiger partial charge in [0.1, 0.15) is 11.6 Å². The van der Waals surface area contributed by atoms with Crippen molar-refractivity contribution >= 4 is 17.6 Å². The SMILES string of the molecule is O=C(CC[C@H]1CCCN(C(=O)Nc2cccc(F)c2)C1)NCc1cccc(F)c1. The number of carbonyl (C=O) groups is 2. The van der Waals surface area contributed by atoms with Crippen molar-refractivity contribution in [1.82, 2.24) is 10.2 Å². The zero-order valence-corrected chi connectivity index (χ0v) is 16.2. The number of halogens is 2. The van der Waals surface area contributed by atoms with Crippen molar-refractivity contribution in [2.24, 2.45) is 5.92 Å². The highest BCUT2D eigenvalue weighted by Gasteiger charge is 2.24. The predicted molar refractivity (Wildman–Crippen MR) is 107 cm³/mol. The molecule has 2 N–H and O–H groups in total. The van der Waals surface area contributed by atoms with Gasteiger partial charge in [0.15, 0.2) is 0 Å². The third-order valence-corrected chi connectivity index (χ3v) is 5.04. The Bertz CT molecular complexity index is 859. The molecule has 2 aromatic rings. The van der Waals surface area contributed by atoms with E-state index in [9.17, 15) is 18.4 Å². The summed E-state index contributed by atoms with van der Waals surface area (Å²) in [6.45, 7) is 1.51. The number of anilines is 1. The summed E-state index contributed by atoms with van der Waals surface area (Å²) in [6.07, 6.45) is 2.87. The maximum Gasteiger partial charge on any atom is 0.321 e. The molecule has 154 valence electrons. The Hall–Kier alpha value is -2.96. The minimum absolute atomic E-state index is 0.0874. The quantitative estimate of drug-likeness (QED) is 0.758. The number of hydrogen-bond acceptors (Lipinski definition) is 2. The number of nitrogens with zero attached hydrogens (tertiary/aromatic N) is 1. The van der Waals surface area contributed by atoms with Gasteiger partial charge in [-0.1, -0.05) is 18.2 Å². The molecule has 1 heterocycles. The summed E-state index contributed by atoms with van der Waals surface area (Å²) >= 11 is 0. The van der Waals surface area contributed by atoms with Gasteiger partial charge in [-0.05, 0) is 61.1 Å². The minimum Gasteiger partial charge on any atom is -0.352 e. The Morgan fingerprint density at radius 1 is 1.07 bits per heavy atom. The normalized spacial score (nSPS) is 16.3. The average Bonchev–Trinajstić information content (AvgIpc) is 2.71. The summed E-state index contributed by atoms with van der Waals surface area (Å²) in [5.74, 6) is -0.573. The van der Waals surface area contributed by atoms with Gasteiger partial charge < -0.3 is 15.5 Å². The highest BCUT2D eigenvalue weighted by Crippen LogP contribution is 2.22. The van der Waals surface area contributed by atoms with Crippen molar-refractivity contribution in [3.8, 4) is 0 Å². The lowest BCUT2D eigenvalue weighted by molar-refractivity contribution is -0.121. The van der Waals surface area contributed by atoms with Gasteiger partial charge in [-0.3, -0.25) is 4.79 Å². The fraction of sp³-hybridized carbons (Fsp3) is 0.364. The lowest BCUT2D eigenvalue weighted by Crippen LogP contribution is -2.42. The van der Waals surface area contributed by atoms with Crippen LogP contribution in [0.25, 0.3) is 0 Å². The predicted octanol–water partition coefficient (Wildman–Crippen LogP) is 4.31. The van der Waals surface area contributed by atoms with Crippen LogP contribution in [0.2, 0.25) is 0 Å². The van der Waals surface area contributed by atoms with E-state index in [0.29, 0.717) is 38.2 Å². The molecule has 5 nitrogen and oxygen atoms in total. The lowest BCUT2D eigenvalue weighted by atomic mass is 9.93. The van der Waals surface area contributed by atoms with E-state index in [0.717, 1.165) is 18.4 Å². The highest BCUT2D eigenvalue weighted by atomic mass is 19.1. The van der Waals surface area contributed by atoms with Crippen LogP contribution in [0.3, 0.4) is 0 Å². The van der Waals surface area contributed by atoms with E-state index in [2.05, 4.69) is 10.6 Å². The number of piperidine rings is 1. The molecule has 0 aliphatic carbocycles. The third kappa shape index (κ3) is 6.55. The monoisotopic (exact) mass is 401 g/mol. The van der Waals surface area contributed by atoms with Crippen LogP contribution in [0.5, 0.6) is 0 Å². The lowest BCUT2D eigenvalue weighted by Gasteiger charge is -2.32. The second-order valence-electron chi connectivity index (χ2n) is 7.34. The van der Waals surface area contributed by atoms with Crippen LogP contribution < -0.4 is 10.6 Å². The molecular weight excluding hydrogens is 376 g/mol. The number of hydrogen-bond donors (Lipinski definition) is 2. The molecule has 1 fully saturated rings. The summed E-state index contributed by atoms with van der Waals surface area (Å²) in [7, 11) is 0. The molecule has 0 spiro atoms. The first-order chi connectivity index (χ1) is 14.0. The summed E-state index contributed by atoms with van der Waals surface area (Å²) in [5, 5.41) is 5.52. The first kappa shape index (κ1) is 20.8. The Balaban J connectivity index is 1.42. The first-order valence-electron chi connectivity index (χ1n) is 9.82. The molecular formula is C22H25F2N3O2. The van der Waals surface area contributed by atoms with E-state index in [1.807, 2.05) is 0 Å². The zero-order chi connectivity index (χ0) is 20.6. The van der Waals surface area contributed by atoms with Gasteiger partial charge in [0, 0.05) is 31.7 Å². The zero-order valence-electron chi connectivity index (χ0n) is 16.2. The topological polar surface area (TPSA) is 61.4 Å². The van der Waals surface area contributed by atoms with Crippen LogP contribution in [-0.2, 0) is 11.3 Å². The number of amides is 3. The molecule has 3 rings (SSSR count). The summed E-state index contributed by atoms with van der Waals surface area (Å²) in [5.41, 5.74) is 1.14. The standard InChI is InChI=1S/C22H25F2N3O2/c23-18-6-1-4-17(12-18)14-25-21(28)10-9-16-5-3-11-27(15-16)22(29)26-20-8-2-7-19(24)13-20/h1-2,4,6-8,12-13,16H,3,5,9-11,14-15H2,(H,25,28)(H,26,29)/t16-/m1/s1. The van der Waals surface area contributed by atoms with Crippen molar-refractivity contribution in [3.63, 3.8) is 0 Å². The van der Waals surface area contributed by atoms with E-state index in [1.165, 1.54) is 24.3 Å². The second-order valence-corrected chi connectivity index (χ2v) is 7.34. The molecule has 2 aromatic carbocycles. The molecule has 0 radical (unpaired) electrons. The Kier molecular flexibility index (Phi) is 7.16. The summed E-state index contributed by atoms with van der Waals surface area (Å²) in [4.78, 5) is 26.2. The fourth-order valence-electron chi connectivity index (χ4n) is 3.53. The Labute approximate surface area is 169 Å². The van der Waals surface area contributed by atoms with Crippen molar-refractivity contribution < 1.29 is 18.4 Å². The van der Waals surface area contributed by atoms with Crippen molar-refractivity contribution in [2.75, 3.05) is 18.4 Å². The van der Waals surface area contributed by atoms with Gasteiger partial charge in [-0.15, -0.1) is 0 Å². The molecule has 1 aliphatic rings. The molecule has 1 saturated heterocycles. The number of benzene rings is 2. The molecule has 0 saturated carbocycles. The van der Waals surface area contributed by atoms with E-state index in [4.69, 9.17) is 0 Å². The number of likely N-dealkylation sites (tertiary alicyclic amines) is 1. The minimum atomic E-state index is -0.399. The average molecular weight is 401 g/mol. The summed E-state index contributed by atoms with van der Waals surface area (Å²) in [6, 6.07) is 11.7. The number of rotatable bonds is 6. The van der Waals surface area contributed by atoms with Crippen LogP contribution in [0.1, 0.15) is 31.2 Å². The van der Waals surface area contributed by atoms with Gasteiger partial charge in [-0.25, -0.2) is 13.6 Å². The molecule has 0 aromatic heterocycles. The van der Waals surface area contributed by atoms with Gasteiger partial charge in [0.05, 0.1) is 0 Å². The largest absolute Gasteiger partial charge is 0.352 e. The van der Waals surface area contributed by atoms with Gasteiger partial charge in [-0.2, -0.15) is 0 Å². The molecule has 0 bridgehead atoms. The van der Waals surface area contributed by atoms with Crippen molar-refractivity contribution in [3.05, 3.63) is 65.7 Å². The maximum atomic E-state index is 13.3. The molecule has 3 amide bonds. The van der Waals surface area contributed by atoms with Crippen LogP contribution >= 0.6 is 0 Å². The molecule has 1 aliphatic heterocycles. The highest BCUT2D eigenvalue weighted by molar-refractivity contribution is 5.89. The number of carbonyl (C=O) groups excluding carboxylic acids is 2. The van der Waals surface area contributed by atoms with Crippen LogP contribution in [0, 0.1) is 17.6 Å². The van der Waals surface area contributed by atoms with Crippen molar-refractivity contribution in [1.29, 1.82) is 0 Å². The molecule has 7 heteroatoms. The number of urea groups is 1. The van der Waals surface area contributed by atoms with Gasteiger partial charge in [0.2, 0.25) is 5.91 Å². The molecule has 0 unspecified atom stereocenters. The smallest absolute Gasteiger partial charge is 0.321 e. The Morgan fingerprint density at radius 3 is 2.59 bits per heavy atom. The van der Waals surface area contributed by atoms with E-state index < -0.39 is 5.82 Å². The van der Waals surface area contributed by atoms with E-state index in [-0.39, 0.29) is 23.7 Å². The van der Waals surface area contributed by atoms with Crippen molar-refractivity contribution in [2.45, 2.75) is 32.2 Å². The summed E-state index contributed by atoms with van der Waals surface area (Å²) < 4.78 is 26.4. The fourth-order valence-corrected chi connectivity index (χ4v) is 3.53. The third-order valence-electron chi connectivity index (χ3n) is 5.04. The van der Waals surface area contributed by atoms with Crippen LogP contribution in [0.4, 0.5) is 19.3 Å². The first-order valence-corrected chi connectivity index (χ1v) is 9.82. The maximum absolute atomic E-state index is 13.3. The number of nitrogens with one attached hydrogen (secondary N) is 2. The van der Waals surface area contributed by atoms with E-state index in [1.54, 1.807) is 29.2 Å². The van der Waals surface area contributed by atoms with Crippen LogP contribution in [0.15, 0.2) is 48.5 Å². The molecule has 29 heavy (non-hydrogen) atoms. The van der Waals surface area contributed by atoms with E-state index >= 15 is 0 Å².